The van der Waals surface area contributed by atoms with E-state index in [0.29, 0.717) is 31.4 Å². The second kappa shape index (κ2) is 7.68. The molecule has 5 heteroatoms. The summed E-state index contributed by atoms with van der Waals surface area (Å²) in [5.74, 6) is -1.79. The second-order valence-corrected chi connectivity index (χ2v) is 6.79. The summed E-state index contributed by atoms with van der Waals surface area (Å²) in [6.45, 7) is 2.21. The van der Waals surface area contributed by atoms with Crippen LogP contribution in [0, 0.1) is 11.7 Å². The van der Waals surface area contributed by atoms with E-state index in [4.69, 9.17) is 0 Å². The molecule has 0 radical (unpaired) electrons. The summed E-state index contributed by atoms with van der Waals surface area (Å²) in [4.78, 5) is 26.2. The Kier molecular flexibility index (Phi) is 5.35. The van der Waals surface area contributed by atoms with Crippen molar-refractivity contribution in [3.63, 3.8) is 0 Å². The highest BCUT2D eigenvalue weighted by Gasteiger charge is 2.37. The van der Waals surface area contributed by atoms with Gasteiger partial charge in [-0.05, 0) is 48.1 Å². The first-order chi connectivity index (χ1) is 12.5. The van der Waals surface area contributed by atoms with Crippen LogP contribution in [0.5, 0.6) is 0 Å². The Balaban J connectivity index is 1.72. The molecule has 0 aromatic heterocycles. The number of nitrogens with zero attached hydrogens (tertiary/aromatic N) is 1. The van der Waals surface area contributed by atoms with Crippen LogP contribution in [0.2, 0.25) is 0 Å². The Morgan fingerprint density at radius 1 is 1.23 bits per heavy atom. The average Bonchev–Trinajstić information content (AvgIpc) is 2.64. The zero-order chi connectivity index (χ0) is 18.7. The number of carboxylic acid groups (broad SMARTS) is 1. The van der Waals surface area contributed by atoms with Crippen LogP contribution in [0.4, 0.5) is 4.39 Å². The van der Waals surface area contributed by atoms with E-state index in [0.717, 1.165) is 11.1 Å². The largest absolute Gasteiger partial charge is 0.479 e. The summed E-state index contributed by atoms with van der Waals surface area (Å²) in [6, 6.07) is 12.8. The van der Waals surface area contributed by atoms with Crippen LogP contribution in [-0.4, -0.2) is 28.4 Å². The minimum atomic E-state index is -1.01. The molecule has 2 aromatic rings. The van der Waals surface area contributed by atoms with Crippen LogP contribution in [0.1, 0.15) is 36.1 Å². The van der Waals surface area contributed by atoms with Gasteiger partial charge in [-0.15, -0.1) is 0 Å². The monoisotopic (exact) mass is 355 g/mol. The van der Waals surface area contributed by atoms with E-state index in [1.54, 1.807) is 25.1 Å². The van der Waals surface area contributed by atoms with Gasteiger partial charge in [0.15, 0.2) is 6.04 Å². The number of carbonyl (C=O) groups is 2. The number of carbonyl (C=O) groups excluding carboxylic acids is 1. The Morgan fingerprint density at radius 2 is 2.00 bits per heavy atom. The lowest BCUT2D eigenvalue weighted by atomic mass is 9.90. The number of aliphatic carboxylic acids is 1. The zero-order valence-electron chi connectivity index (χ0n) is 14.7. The quantitative estimate of drug-likeness (QED) is 0.891. The zero-order valence-corrected chi connectivity index (χ0v) is 14.7. The van der Waals surface area contributed by atoms with Crippen molar-refractivity contribution in [3.05, 3.63) is 71.0 Å². The third-order valence-corrected chi connectivity index (χ3v) is 4.98. The van der Waals surface area contributed by atoms with Gasteiger partial charge in [0.1, 0.15) is 5.82 Å². The van der Waals surface area contributed by atoms with Crippen LogP contribution in [0.15, 0.2) is 48.5 Å². The van der Waals surface area contributed by atoms with Crippen molar-refractivity contribution in [1.29, 1.82) is 0 Å². The fourth-order valence-electron chi connectivity index (χ4n) is 3.55. The minimum Gasteiger partial charge on any atom is -0.479 e. The van der Waals surface area contributed by atoms with Gasteiger partial charge in [0.2, 0.25) is 5.91 Å². The predicted molar refractivity (Wildman–Crippen MR) is 96.1 cm³/mol. The predicted octanol–water partition coefficient (Wildman–Crippen LogP) is 3.61. The maximum absolute atomic E-state index is 13.3. The molecule has 1 aliphatic heterocycles. The van der Waals surface area contributed by atoms with E-state index >= 15 is 0 Å². The summed E-state index contributed by atoms with van der Waals surface area (Å²) in [5, 5.41) is 9.69. The van der Waals surface area contributed by atoms with Gasteiger partial charge in [-0.1, -0.05) is 43.3 Å². The van der Waals surface area contributed by atoms with E-state index in [-0.39, 0.29) is 17.6 Å². The number of hydrogen-bond acceptors (Lipinski definition) is 2. The third-order valence-electron chi connectivity index (χ3n) is 4.98. The van der Waals surface area contributed by atoms with Crippen molar-refractivity contribution in [2.75, 3.05) is 6.54 Å². The lowest BCUT2D eigenvalue weighted by Gasteiger charge is -2.36. The first-order valence-corrected chi connectivity index (χ1v) is 8.83. The smallest absolute Gasteiger partial charge is 0.331 e. The maximum atomic E-state index is 13.3. The van der Waals surface area contributed by atoms with Crippen LogP contribution in [0.25, 0.3) is 0 Å². The number of aryl methyl sites for hydroxylation is 1. The van der Waals surface area contributed by atoms with E-state index < -0.39 is 12.0 Å². The van der Waals surface area contributed by atoms with Crippen molar-refractivity contribution >= 4 is 11.9 Å². The second-order valence-electron chi connectivity index (χ2n) is 6.79. The lowest BCUT2D eigenvalue weighted by Crippen LogP contribution is -2.45. The first kappa shape index (κ1) is 18.1. The highest BCUT2D eigenvalue weighted by molar-refractivity contribution is 5.86. The molecule has 136 valence electrons. The standard InChI is InChI=1S/C21H22FNO3/c1-14(9-10-15-5-4-7-17(22)13-15)20(24)23-12-11-16-6-2-3-8-18(16)19(23)21(25)26/h2-8,13-14,19H,9-12H2,1H3,(H,25,26). The molecule has 26 heavy (non-hydrogen) atoms. The summed E-state index contributed by atoms with van der Waals surface area (Å²) in [5.41, 5.74) is 2.51. The Labute approximate surface area is 152 Å². The molecule has 0 spiro atoms. The van der Waals surface area contributed by atoms with Crippen molar-refractivity contribution < 1.29 is 19.1 Å². The summed E-state index contributed by atoms with van der Waals surface area (Å²) in [7, 11) is 0. The van der Waals surface area contributed by atoms with Gasteiger partial charge in [-0.25, -0.2) is 9.18 Å². The van der Waals surface area contributed by atoms with Crippen LogP contribution in [-0.2, 0) is 22.4 Å². The van der Waals surface area contributed by atoms with Gasteiger partial charge < -0.3 is 10.0 Å². The van der Waals surface area contributed by atoms with Gasteiger partial charge in [0.25, 0.3) is 0 Å². The molecular weight excluding hydrogens is 333 g/mol. The number of hydrogen-bond donors (Lipinski definition) is 1. The molecule has 1 heterocycles. The highest BCUT2D eigenvalue weighted by Crippen LogP contribution is 2.31. The molecule has 2 aromatic carbocycles. The maximum Gasteiger partial charge on any atom is 0.331 e. The van der Waals surface area contributed by atoms with Crippen LogP contribution < -0.4 is 0 Å². The molecule has 1 aliphatic rings. The Hall–Kier alpha value is -2.69. The lowest BCUT2D eigenvalue weighted by molar-refractivity contribution is -0.153. The first-order valence-electron chi connectivity index (χ1n) is 8.83. The normalized spacial score (nSPS) is 17.5. The summed E-state index contributed by atoms with van der Waals surface area (Å²) >= 11 is 0. The van der Waals surface area contributed by atoms with Crippen molar-refractivity contribution in [2.45, 2.75) is 32.2 Å². The molecule has 2 unspecified atom stereocenters. The summed E-state index contributed by atoms with van der Waals surface area (Å²) in [6.07, 6.45) is 1.78. The molecular formula is C21H22FNO3. The molecule has 0 aliphatic carbocycles. The topological polar surface area (TPSA) is 57.6 Å². The molecule has 0 bridgehead atoms. The minimum absolute atomic E-state index is 0.164. The van der Waals surface area contributed by atoms with Crippen LogP contribution >= 0.6 is 0 Å². The Bertz CT molecular complexity index is 820. The number of carboxylic acids is 1. The number of rotatable bonds is 5. The van der Waals surface area contributed by atoms with Crippen molar-refractivity contribution in [3.8, 4) is 0 Å². The Morgan fingerprint density at radius 3 is 2.73 bits per heavy atom. The molecule has 1 N–H and O–H groups in total. The molecule has 4 nitrogen and oxygen atoms in total. The molecule has 2 atom stereocenters. The highest BCUT2D eigenvalue weighted by atomic mass is 19.1. The van der Waals surface area contributed by atoms with E-state index in [1.807, 2.05) is 18.2 Å². The van der Waals surface area contributed by atoms with Gasteiger partial charge in [0.05, 0.1) is 0 Å². The molecule has 0 fully saturated rings. The van der Waals surface area contributed by atoms with Gasteiger partial charge in [-0.3, -0.25) is 4.79 Å². The van der Waals surface area contributed by atoms with Crippen molar-refractivity contribution in [1.82, 2.24) is 4.90 Å². The average molecular weight is 355 g/mol. The fourth-order valence-corrected chi connectivity index (χ4v) is 3.55. The van der Waals surface area contributed by atoms with Gasteiger partial charge >= 0.3 is 5.97 Å². The molecule has 3 rings (SSSR count). The number of benzene rings is 2. The fraction of sp³-hybridized carbons (Fsp3) is 0.333. The SMILES string of the molecule is CC(CCc1cccc(F)c1)C(=O)N1CCc2ccccc2C1C(=O)O. The number of halogens is 1. The van der Waals surface area contributed by atoms with E-state index in [1.165, 1.54) is 17.0 Å². The van der Waals surface area contributed by atoms with Crippen molar-refractivity contribution in [2.24, 2.45) is 5.92 Å². The molecule has 0 saturated heterocycles. The van der Waals surface area contributed by atoms with Gasteiger partial charge in [-0.2, -0.15) is 0 Å². The van der Waals surface area contributed by atoms with E-state index in [9.17, 15) is 19.1 Å². The molecule has 0 saturated carbocycles. The summed E-state index contributed by atoms with van der Waals surface area (Å²) < 4.78 is 13.3. The number of fused-ring (bicyclic) bond motifs is 1. The van der Waals surface area contributed by atoms with Gasteiger partial charge in [0, 0.05) is 12.5 Å². The van der Waals surface area contributed by atoms with E-state index in [2.05, 4.69) is 0 Å². The van der Waals surface area contributed by atoms with Crippen LogP contribution in [0.3, 0.4) is 0 Å². The number of amides is 1. The molecule has 1 amide bonds. The third kappa shape index (κ3) is 3.77.